The van der Waals surface area contributed by atoms with Gasteiger partial charge in [0.2, 0.25) is 6.33 Å². The molecule has 1 aromatic heterocycles. The lowest BCUT2D eigenvalue weighted by atomic mass is 10.1. The van der Waals surface area contributed by atoms with Gasteiger partial charge in [-0.2, -0.15) is 0 Å². The van der Waals surface area contributed by atoms with Crippen molar-refractivity contribution in [3.05, 3.63) is 70.5 Å². The Hall–Kier alpha value is -1.65. The smallest absolute Gasteiger partial charge is 0.308 e. The Morgan fingerprint density at radius 2 is 1.78 bits per heavy atom. The van der Waals surface area contributed by atoms with Gasteiger partial charge in [-0.3, -0.25) is 0 Å². The summed E-state index contributed by atoms with van der Waals surface area (Å²) < 4.78 is 4.01. The van der Waals surface area contributed by atoms with E-state index in [0.717, 1.165) is 23.0 Å². The van der Waals surface area contributed by atoms with Crippen molar-refractivity contribution in [3.8, 4) is 11.4 Å². The van der Waals surface area contributed by atoms with E-state index in [-0.39, 0.29) is 17.0 Å². The van der Waals surface area contributed by atoms with Crippen molar-refractivity contribution in [2.24, 2.45) is 7.05 Å². The molecule has 1 heterocycles. The van der Waals surface area contributed by atoms with Crippen LogP contribution in [0.4, 0.5) is 0 Å². The summed E-state index contributed by atoms with van der Waals surface area (Å²) in [7, 11) is 2.01. The van der Waals surface area contributed by atoms with Crippen LogP contribution >= 0.6 is 11.6 Å². The molecule has 0 saturated carbocycles. The third-order valence-electron chi connectivity index (χ3n) is 3.80. The summed E-state index contributed by atoms with van der Waals surface area (Å²) in [5.41, 5.74) is 4.93. The summed E-state index contributed by atoms with van der Waals surface area (Å²) in [5, 5.41) is 5.44. The lowest BCUT2D eigenvalue weighted by Crippen LogP contribution is -3.00. The average Bonchev–Trinajstić information content (AvgIpc) is 2.84. The molecule has 0 aliphatic rings. The fourth-order valence-corrected chi connectivity index (χ4v) is 2.73. The minimum Gasteiger partial charge on any atom is -1.00 e. The van der Waals surface area contributed by atoms with Crippen LogP contribution in [0.25, 0.3) is 11.4 Å². The first-order chi connectivity index (χ1) is 10.5. The summed E-state index contributed by atoms with van der Waals surface area (Å²) in [6.45, 7) is 5.03. The van der Waals surface area contributed by atoms with Crippen molar-refractivity contribution in [2.75, 3.05) is 0 Å². The number of benzene rings is 2. The molecule has 0 saturated heterocycles. The molecule has 5 heteroatoms. The monoisotopic (exact) mass is 391 g/mol. The molecule has 3 nitrogen and oxygen atoms in total. The fraction of sp³-hybridized carbons (Fsp3) is 0.222. The largest absolute Gasteiger partial charge is 1.00 e. The zero-order valence-electron chi connectivity index (χ0n) is 13.4. The molecule has 2 aromatic carbocycles. The van der Waals surface area contributed by atoms with Gasteiger partial charge in [-0.15, -0.1) is 4.68 Å². The van der Waals surface area contributed by atoms with Crippen LogP contribution in [0.5, 0.6) is 0 Å². The first-order valence-electron chi connectivity index (χ1n) is 7.28. The van der Waals surface area contributed by atoms with E-state index in [2.05, 4.69) is 32.0 Å². The molecular weight excluding hydrogens is 374 g/mol. The topological polar surface area (TPSA) is 21.7 Å². The van der Waals surface area contributed by atoms with Crippen LogP contribution in [0, 0.1) is 13.8 Å². The quantitative estimate of drug-likeness (QED) is 0.601. The van der Waals surface area contributed by atoms with Crippen LogP contribution in [0.15, 0.2) is 48.8 Å². The van der Waals surface area contributed by atoms with Crippen LogP contribution < -0.4 is 21.5 Å². The molecule has 0 N–H and O–H groups in total. The van der Waals surface area contributed by atoms with Crippen molar-refractivity contribution < 1.29 is 21.5 Å². The van der Waals surface area contributed by atoms with Gasteiger partial charge in [0.05, 0.1) is 12.6 Å². The molecule has 0 atom stereocenters. The molecule has 0 aliphatic heterocycles. The van der Waals surface area contributed by atoms with Gasteiger partial charge in [-0.1, -0.05) is 35.4 Å². The van der Waals surface area contributed by atoms with Crippen molar-refractivity contribution in [3.63, 3.8) is 0 Å². The molecule has 0 unspecified atom stereocenters. The molecule has 0 amide bonds. The summed E-state index contributed by atoms with van der Waals surface area (Å²) >= 11 is 5.95. The van der Waals surface area contributed by atoms with Gasteiger partial charge in [-0.05, 0) is 49.2 Å². The van der Waals surface area contributed by atoms with Crippen LogP contribution in [-0.4, -0.2) is 9.78 Å². The molecule has 3 aromatic rings. The van der Waals surface area contributed by atoms with E-state index in [1.807, 2.05) is 46.9 Å². The van der Waals surface area contributed by atoms with Gasteiger partial charge in [0.1, 0.15) is 6.54 Å². The highest BCUT2D eigenvalue weighted by atomic mass is 79.9. The Bertz CT molecular complexity index is 810. The first kappa shape index (κ1) is 17.7. The van der Waals surface area contributed by atoms with E-state index in [9.17, 15) is 0 Å². The van der Waals surface area contributed by atoms with Crippen molar-refractivity contribution in [1.29, 1.82) is 0 Å². The van der Waals surface area contributed by atoms with Gasteiger partial charge in [0.15, 0.2) is 0 Å². The van der Waals surface area contributed by atoms with Gasteiger partial charge < -0.3 is 17.0 Å². The first-order valence-corrected chi connectivity index (χ1v) is 7.66. The Balaban J connectivity index is 0.00000192. The molecule has 0 fully saturated rings. The zero-order valence-corrected chi connectivity index (χ0v) is 15.8. The highest BCUT2D eigenvalue weighted by Crippen LogP contribution is 2.17. The molecule has 0 bridgehead atoms. The van der Waals surface area contributed by atoms with E-state index in [1.165, 1.54) is 16.7 Å². The molecule has 0 spiro atoms. The Kier molecular flexibility index (Phi) is 5.60. The van der Waals surface area contributed by atoms with Crippen molar-refractivity contribution in [1.82, 2.24) is 9.78 Å². The predicted molar refractivity (Wildman–Crippen MR) is 88.9 cm³/mol. The van der Waals surface area contributed by atoms with E-state index in [0.29, 0.717) is 0 Å². The summed E-state index contributed by atoms with van der Waals surface area (Å²) in [5.74, 6) is 0.932. The number of hydrogen-bond acceptors (Lipinski definition) is 1. The van der Waals surface area contributed by atoms with Crippen LogP contribution in [-0.2, 0) is 13.6 Å². The lowest BCUT2D eigenvalue weighted by molar-refractivity contribution is -0.661. The van der Waals surface area contributed by atoms with Gasteiger partial charge in [-0.25, -0.2) is 4.57 Å². The second-order valence-corrected chi connectivity index (χ2v) is 6.12. The number of rotatable bonds is 3. The Labute approximate surface area is 152 Å². The average molecular weight is 393 g/mol. The zero-order chi connectivity index (χ0) is 15.7. The Morgan fingerprint density at radius 1 is 1.09 bits per heavy atom. The lowest BCUT2D eigenvalue weighted by Gasteiger charge is -2.03. The number of aromatic nitrogens is 3. The van der Waals surface area contributed by atoms with Crippen molar-refractivity contribution in [2.45, 2.75) is 20.4 Å². The van der Waals surface area contributed by atoms with Gasteiger partial charge >= 0.3 is 5.82 Å². The van der Waals surface area contributed by atoms with E-state index < -0.39 is 0 Å². The number of aryl methyl sites for hydroxylation is 3. The molecular formula is C18H19BrClN3. The normalized spacial score (nSPS) is 10.4. The fourth-order valence-electron chi connectivity index (χ4n) is 2.61. The number of halogens is 2. The molecule has 120 valence electrons. The van der Waals surface area contributed by atoms with Crippen LogP contribution in [0.2, 0.25) is 5.02 Å². The number of nitrogens with zero attached hydrogens (tertiary/aromatic N) is 3. The summed E-state index contributed by atoms with van der Waals surface area (Å²) in [6.07, 6.45) is 2.02. The number of hydrogen-bond donors (Lipinski definition) is 0. The van der Waals surface area contributed by atoms with E-state index in [4.69, 9.17) is 16.7 Å². The highest BCUT2D eigenvalue weighted by Gasteiger charge is 2.16. The standard InChI is InChI=1S/C18H19ClN3.BrH/c1-13-4-5-16(14(2)10-13)11-22-12-21(3)18(20-22)15-6-8-17(19)9-7-15;/h4-10,12H,11H2,1-3H3;1H/q+1;/p-1. The minimum absolute atomic E-state index is 0. The molecule has 23 heavy (non-hydrogen) atoms. The second-order valence-electron chi connectivity index (χ2n) is 5.68. The van der Waals surface area contributed by atoms with E-state index in [1.54, 1.807) is 0 Å². The third-order valence-corrected chi connectivity index (χ3v) is 4.05. The van der Waals surface area contributed by atoms with Gasteiger partial charge in [0.25, 0.3) is 0 Å². The highest BCUT2D eigenvalue weighted by molar-refractivity contribution is 6.30. The molecule has 3 rings (SSSR count). The van der Waals surface area contributed by atoms with E-state index >= 15 is 0 Å². The maximum atomic E-state index is 5.95. The SMILES string of the molecule is Cc1ccc(Cn2c[n+](C)c(-c3ccc(Cl)cc3)n2)c(C)c1.[Br-]. The van der Waals surface area contributed by atoms with Crippen LogP contribution in [0.1, 0.15) is 16.7 Å². The summed E-state index contributed by atoms with van der Waals surface area (Å²) in [4.78, 5) is 0. The molecule has 0 aliphatic carbocycles. The summed E-state index contributed by atoms with van der Waals surface area (Å²) in [6, 6.07) is 14.3. The third kappa shape index (κ3) is 4.01. The van der Waals surface area contributed by atoms with Crippen LogP contribution in [0.3, 0.4) is 0 Å². The minimum atomic E-state index is 0. The maximum Gasteiger partial charge on any atom is 0.308 e. The van der Waals surface area contributed by atoms with Gasteiger partial charge in [0, 0.05) is 10.1 Å². The second kappa shape index (κ2) is 7.28. The maximum absolute atomic E-state index is 5.95. The molecule has 0 radical (unpaired) electrons. The Morgan fingerprint density at radius 3 is 2.43 bits per heavy atom. The van der Waals surface area contributed by atoms with Crippen molar-refractivity contribution >= 4 is 11.6 Å². The predicted octanol–water partition coefficient (Wildman–Crippen LogP) is 0.697.